The van der Waals surface area contributed by atoms with Crippen LogP contribution < -0.4 is 10.1 Å². The monoisotopic (exact) mass is 309 g/mol. The number of benzene rings is 1. The summed E-state index contributed by atoms with van der Waals surface area (Å²) >= 11 is 3.48. The third-order valence-corrected chi connectivity index (χ3v) is 2.83. The standard InChI is InChI=1S/C15H20BrNO/c1-5-6-9-18-14-8-7-13(16)10-12(14)11-17-15(2,3)4/h1,7-8,10,17H,6,9,11H2,2-4H3. The molecule has 1 aromatic rings. The van der Waals surface area contributed by atoms with Gasteiger partial charge in [-0.05, 0) is 39.0 Å². The van der Waals surface area contributed by atoms with Gasteiger partial charge in [-0.25, -0.2) is 0 Å². The van der Waals surface area contributed by atoms with Crippen molar-refractivity contribution in [1.29, 1.82) is 0 Å². The molecular weight excluding hydrogens is 290 g/mol. The van der Waals surface area contributed by atoms with Crippen molar-refractivity contribution in [3.05, 3.63) is 28.2 Å². The van der Waals surface area contributed by atoms with Crippen molar-refractivity contribution in [3.8, 4) is 18.1 Å². The van der Waals surface area contributed by atoms with Gasteiger partial charge in [-0.2, -0.15) is 0 Å². The van der Waals surface area contributed by atoms with E-state index in [9.17, 15) is 0 Å². The minimum absolute atomic E-state index is 0.0817. The maximum absolute atomic E-state index is 5.69. The van der Waals surface area contributed by atoms with Crippen molar-refractivity contribution < 1.29 is 4.74 Å². The summed E-state index contributed by atoms with van der Waals surface area (Å²) in [6, 6.07) is 6.02. The number of halogens is 1. The predicted molar refractivity (Wildman–Crippen MR) is 79.7 cm³/mol. The third kappa shape index (κ3) is 5.57. The lowest BCUT2D eigenvalue weighted by atomic mass is 10.1. The zero-order valence-electron chi connectivity index (χ0n) is 11.2. The van der Waals surface area contributed by atoms with Gasteiger partial charge in [0.15, 0.2) is 0 Å². The fourth-order valence-corrected chi connectivity index (χ4v) is 1.82. The molecule has 0 atom stereocenters. The molecular formula is C15H20BrNO. The van der Waals surface area contributed by atoms with E-state index in [1.807, 2.05) is 12.1 Å². The van der Waals surface area contributed by atoms with E-state index in [-0.39, 0.29) is 5.54 Å². The lowest BCUT2D eigenvalue weighted by molar-refractivity contribution is 0.320. The molecule has 1 N–H and O–H groups in total. The van der Waals surface area contributed by atoms with E-state index in [4.69, 9.17) is 11.2 Å². The molecule has 1 aromatic carbocycles. The summed E-state index contributed by atoms with van der Waals surface area (Å²) in [4.78, 5) is 0. The molecule has 18 heavy (non-hydrogen) atoms. The maximum Gasteiger partial charge on any atom is 0.123 e. The summed E-state index contributed by atoms with van der Waals surface area (Å²) in [5.41, 5.74) is 1.22. The Morgan fingerprint density at radius 3 is 2.72 bits per heavy atom. The normalized spacial score (nSPS) is 11.1. The lowest BCUT2D eigenvalue weighted by Crippen LogP contribution is -2.35. The number of hydrogen-bond donors (Lipinski definition) is 1. The summed E-state index contributed by atoms with van der Waals surface area (Å²) in [5, 5.41) is 3.46. The molecule has 3 heteroatoms. The molecule has 0 amide bonds. The zero-order valence-corrected chi connectivity index (χ0v) is 12.8. The molecule has 0 fully saturated rings. The van der Waals surface area contributed by atoms with E-state index >= 15 is 0 Å². The molecule has 1 rings (SSSR count). The molecule has 0 heterocycles. The van der Waals surface area contributed by atoms with E-state index < -0.39 is 0 Å². The van der Waals surface area contributed by atoms with Gasteiger partial charge in [-0.1, -0.05) is 15.9 Å². The summed E-state index contributed by atoms with van der Waals surface area (Å²) in [5.74, 6) is 3.47. The molecule has 0 aromatic heterocycles. The van der Waals surface area contributed by atoms with Crippen LogP contribution in [0, 0.1) is 12.3 Å². The smallest absolute Gasteiger partial charge is 0.123 e. The molecule has 0 unspecified atom stereocenters. The summed E-state index contributed by atoms with van der Waals surface area (Å²) in [6.07, 6.45) is 5.85. The number of terminal acetylenes is 1. The highest BCUT2D eigenvalue weighted by atomic mass is 79.9. The van der Waals surface area contributed by atoms with Crippen molar-refractivity contribution >= 4 is 15.9 Å². The van der Waals surface area contributed by atoms with Gasteiger partial charge >= 0.3 is 0 Å². The molecule has 98 valence electrons. The topological polar surface area (TPSA) is 21.3 Å². The molecule has 2 nitrogen and oxygen atoms in total. The van der Waals surface area contributed by atoms with Gasteiger partial charge in [0.25, 0.3) is 0 Å². The quantitative estimate of drug-likeness (QED) is 0.661. The summed E-state index contributed by atoms with van der Waals surface area (Å²) < 4.78 is 6.75. The Balaban J connectivity index is 2.74. The average molecular weight is 310 g/mol. The van der Waals surface area contributed by atoms with E-state index in [0.29, 0.717) is 13.0 Å². The van der Waals surface area contributed by atoms with Crippen LogP contribution in [0.5, 0.6) is 5.75 Å². The van der Waals surface area contributed by atoms with Gasteiger partial charge in [0.1, 0.15) is 5.75 Å². The van der Waals surface area contributed by atoms with E-state index in [1.54, 1.807) is 0 Å². The molecule has 0 saturated heterocycles. The first-order valence-corrected chi connectivity index (χ1v) is 6.81. The second kappa shape index (κ2) is 6.82. The molecule has 0 radical (unpaired) electrons. The fraction of sp³-hybridized carbons (Fsp3) is 0.467. The summed E-state index contributed by atoms with van der Waals surface area (Å²) in [7, 11) is 0. The number of hydrogen-bond acceptors (Lipinski definition) is 2. The zero-order chi connectivity index (χ0) is 13.6. The maximum atomic E-state index is 5.69. The second-order valence-corrected chi connectivity index (χ2v) is 6.07. The molecule has 0 spiro atoms. The van der Waals surface area contributed by atoms with Crippen LogP contribution in [0.25, 0.3) is 0 Å². The molecule has 0 aliphatic carbocycles. The third-order valence-electron chi connectivity index (χ3n) is 2.34. The van der Waals surface area contributed by atoms with Crippen LogP contribution in [0.4, 0.5) is 0 Å². The Morgan fingerprint density at radius 2 is 2.11 bits per heavy atom. The van der Waals surface area contributed by atoms with Crippen molar-refractivity contribution in [2.75, 3.05) is 6.61 Å². The lowest BCUT2D eigenvalue weighted by Gasteiger charge is -2.21. The highest BCUT2D eigenvalue weighted by Crippen LogP contribution is 2.24. The van der Waals surface area contributed by atoms with Crippen LogP contribution in [0.2, 0.25) is 0 Å². The van der Waals surface area contributed by atoms with Gasteiger partial charge in [0.2, 0.25) is 0 Å². The molecule has 0 saturated carbocycles. The molecule has 0 aliphatic heterocycles. The van der Waals surface area contributed by atoms with E-state index in [2.05, 4.69) is 54.0 Å². The Kier molecular flexibility index (Phi) is 5.71. The van der Waals surface area contributed by atoms with Gasteiger partial charge in [0, 0.05) is 28.5 Å². The van der Waals surface area contributed by atoms with Crippen LogP contribution in [0.15, 0.2) is 22.7 Å². The second-order valence-electron chi connectivity index (χ2n) is 5.16. The predicted octanol–water partition coefficient (Wildman–Crippen LogP) is 3.74. The van der Waals surface area contributed by atoms with Gasteiger partial charge in [-0.15, -0.1) is 12.3 Å². The Hall–Kier alpha value is -0.980. The van der Waals surface area contributed by atoms with Gasteiger partial charge in [0.05, 0.1) is 6.61 Å². The van der Waals surface area contributed by atoms with E-state index in [1.165, 1.54) is 0 Å². The van der Waals surface area contributed by atoms with Crippen LogP contribution in [-0.4, -0.2) is 12.1 Å². The highest BCUT2D eigenvalue weighted by molar-refractivity contribution is 9.10. The first kappa shape index (κ1) is 15.1. The fourth-order valence-electron chi connectivity index (χ4n) is 1.41. The Bertz CT molecular complexity index is 429. The first-order chi connectivity index (χ1) is 8.42. The van der Waals surface area contributed by atoms with E-state index in [0.717, 1.165) is 22.3 Å². The van der Waals surface area contributed by atoms with Gasteiger partial charge in [-0.3, -0.25) is 0 Å². The minimum atomic E-state index is 0.0817. The van der Waals surface area contributed by atoms with Crippen LogP contribution in [0.3, 0.4) is 0 Å². The minimum Gasteiger partial charge on any atom is -0.492 e. The number of rotatable bonds is 5. The van der Waals surface area contributed by atoms with Crippen LogP contribution in [-0.2, 0) is 6.54 Å². The van der Waals surface area contributed by atoms with Gasteiger partial charge < -0.3 is 10.1 Å². The Labute approximate surface area is 118 Å². The van der Waals surface area contributed by atoms with Crippen LogP contribution in [0.1, 0.15) is 32.8 Å². The van der Waals surface area contributed by atoms with Crippen molar-refractivity contribution in [2.24, 2.45) is 0 Å². The number of nitrogens with one attached hydrogen (secondary N) is 1. The average Bonchev–Trinajstić information content (AvgIpc) is 2.28. The largest absolute Gasteiger partial charge is 0.492 e. The highest BCUT2D eigenvalue weighted by Gasteiger charge is 2.11. The van der Waals surface area contributed by atoms with Crippen LogP contribution >= 0.6 is 15.9 Å². The molecule has 0 aliphatic rings. The SMILES string of the molecule is C#CCCOc1ccc(Br)cc1CNC(C)(C)C. The van der Waals surface area contributed by atoms with Crippen molar-refractivity contribution in [1.82, 2.24) is 5.32 Å². The Morgan fingerprint density at radius 1 is 1.39 bits per heavy atom. The van der Waals surface area contributed by atoms with Crippen molar-refractivity contribution in [2.45, 2.75) is 39.3 Å². The molecule has 0 bridgehead atoms. The van der Waals surface area contributed by atoms with Crippen molar-refractivity contribution in [3.63, 3.8) is 0 Å². The summed E-state index contributed by atoms with van der Waals surface area (Å²) in [6.45, 7) is 7.76. The first-order valence-electron chi connectivity index (χ1n) is 6.02. The number of ether oxygens (including phenoxy) is 1.